The first-order valence-electron chi connectivity index (χ1n) is 6.85. The molecule has 2 fully saturated rings. The summed E-state index contributed by atoms with van der Waals surface area (Å²) in [6, 6.07) is 6.68. The van der Waals surface area contributed by atoms with Gasteiger partial charge >= 0.3 is 5.97 Å². The summed E-state index contributed by atoms with van der Waals surface area (Å²) in [4.78, 5) is 13.3. The fourth-order valence-electron chi connectivity index (χ4n) is 3.65. The minimum absolute atomic E-state index is 0.182. The highest BCUT2D eigenvalue weighted by molar-refractivity contribution is 5.70. The molecule has 1 saturated carbocycles. The SMILES string of the molecule is O=C(O)C1CC2CC(C1)CN(c1cccc(F)c1)C2. The van der Waals surface area contributed by atoms with Crippen LogP contribution in [0.4, 0.5) is 10.1 Å². The van der Waals surface area contributed by atoms with E-state index in [-0.39, 0.29) is 11.7 Å². The van der Waals surface area contributed by atoms with Gasteiger partial charge in [-0.3, -0.25) is 4.79 Å². The third-order valence-electron chi connectivity index (χ3n) is 4.38. The van der Waals surface area contributed by atoms with E-state index in [9.17, 15) is 9.18 Å². The average molecular weight is 263 g/mol. The van der Waals surface area contributed by atoms with Gasteiger partial charge in [-0.15, -0.1) is 0 Å². The molecular formula is C15H18FNO2. The smallest absolute Gasteiger partial charge is 0.306 e. The van der Waals surface area contributed by atoms with Gasteiger partial charge in [0, 0.05) is 18.8 Å². The highest BCUT2D eigenvalue weighted by Crippen LogP contribution is 2.39. The zero-order valence-electron chi connectivity index (χ0n) is 10.8. The van der Waals surface area contributed by atoms with Gasteiger partial charge in [0.1, 0.15) is 5.82 Å². The molecule has 3 nitrogen and oxygen atoms in total. The number of hydrogen-bond acceptors (Lipinski definition) is 2. The number of carboxylic acids is 1. The number of piperidine rings is 1. The molecule has 0 aromatic heterocycles. The molecule has 1 heterocycles. The van der Waals surface area contributed by atoms with Crippen LogP contribution in [0.2, 0.25) is 0 Å². The van der Waals surface area contributed by atoms with Crippen molar-refractivity contribution in [3.63, 3.8) is 0 Å². The summed E-state index contributed by atoms with van der Waals surface area (Å²) in [5.74, 6) is -0.197. The molecule has 2 atom stereocenters. The van der Waals surface area contributed by atoms with E-state index in [4.69, 9.17) is 5.11 Å². The number of fused-ring (bicyclic) bond motifs is 2. The van der Waals surface area contributed by atoms with E-state index in [1.54, 1.807) is 12.1 Å². The van der Waals surface area contributed by atoms with Crippen molar-refractivity contribution in [2.24, 2.45) is 17.8 Å². The highest BCUT2D eigenvalue weighted by Gasteiger charge is 2.37. The Morgan fingerprint density at radius 1 is 1.21 bits per heavy atom. The Hall–Kier alpha value is -1.58. The number of halogens is 1. The van der Waals surface area contributed by atoms with Crippen molar-refractivity contribution in [2.75, 3.05) is 18.0 Å². The Labute approximate surface area is 112 Å². The maximum absolute atomic E-state index is 13.3. The van der Waals surface area contributed by atoms with Gasteiger partial charge in [-0.05, 0) is 49.3 Å². The Bertz CT molecular complexity index is 477. The topological polar surface area (TPSA) is 40.5 Å². The number of aliphatic carboxylic acids is 1. The van der Waals surface area contributed by atoms with Crippen molar-refractivity contribution in [3.05, 3.63) is 30.1 Å². The molecular weight excluding hydrogens is 245 g/mol. The summed E-state index contributed by atoms with van der Waals surface area (Å²) < 4.78 is 13.3. The van der Waals surface area contributed by atoms with Crippen LogP contribution >= 0.6 is 0 Å². The molecule has 1 aromatic carbocycles. The van der Waals surface area contributed by atoms with Crippen molar-refractivity contribution >= 4 is 11.7 Å². The number of carbonyl (C=O) groups is 1. The molecule has 1 aliphatic heterocycles. The summed E-state index contributed by atoms with van der Waals surface area (Å²) in [6.45, 7) is 1.70. The van der Waals surface area contributed by atoms with Gasteiger partial charge in [0.25, 0.3) is 0 Å². The van der Waals surface area contributed by atoms with Crippen molar-refractivity contribution in [2.45, 2.75) is 19.3 Å². The minimum atomic E-state index is -0.658. The monoisotopic (exact) mass is 263 g/mol. The standard InChI is InChI=1S/C15H18FNO2/c16-13-2-1-3-14(7-13)17-8-10-4-11(9-17)6-12(5-10)15(18)19/h1-3,7,10-12H,4-6,8-9H2,(H,18,19). The first-order chi connectivity index (χ1) is 9.11. The van der Waals surface area contributed by atoms with Crippen LogP contribution in [0.1, 0.15) is 19.3 Å². The van der Waals surface area contributed by atoms with Gasteiger partial charge in [0.15, 0.2) is 0 Å². The second kappa shape index (κ2) is 4.83. The molecule has 2 unspecified atom stereocenters. The Kier molecular flexibility index (Phi) is 3.17. The van der Waals surface area contributed by atoms with E-state index < -0.39 is 5.97 Å². The Morgan fingerprint density at radius 3 is 2.47 bits per heavy atom. The van der Waals surface area contributed by atoms with Crippen LogP contribution in [0, 0.1) is 23.6 Å². The molecule has 3 rings (SSSR count). The molecule has 102 valence electrons. The summed E-state index contributed by atoms with van der Waals surface area (Å²) in [5.41, 5.74) is 0.920. The van der Waals surface area contributed by atoms with Crippen molar-refractivity contribution in [3.8, 4) is 0 Å². The summed E-state index contributed by atoms with van der Waals surface area (Å²) in [7, 11) is 0. The van der Waals surface area contributed by atoms with Gasteiger partial charge in [-0.1, -0.05) is 6.07 Å². The van der Waals surface area contributed by atoms with E-state index in [2.05, 4.69) is 4.90 Å². The Balaban J connectivity index is 1.74. The van der Waals surface area contributed by atoms with Crippen LogP contribution in [-0.4, -0.2) is 24.2 Å². The number of nitrogens with zero attached hydrogens (tertiary/aromatic N) is 1. The number of rotatable bonds is 2. The summed E-state index contributed by atoms with van der Waals surface area (Å²) >= 11 is 0. The third kappa shape index (κ3) is 2.57. The predicted molar refractivity (Wildman–Crippen MR) is 70.6 cm³/mol. The van der Waals surface area contributed by atoms with Gasteiger partial charge in [-0.2, -0.15) is 0 Å². The molecule has 0 spiro atoms. The molecule has 1 saturated heterocycles. The molecule has 2 bridgehead atoms. The van der Waals surface area contributed by atoms with Crippen LogP contribution in [0.5, 0.6) is 0 Å². The fourth-order valence-corrected chi connectivity index (χ4v) is 3.65. The lowest BCUT2D eigenvalue weighted by Crippen LogP contribution is -2.45. The van der Waals surface area contributed by atoms with E-state index >= 15 is 0 Å². The molecule has 1 aliphatic carbocycles. The second-order valence-corrected chi connectivity index (χ2v) is 5.86. The number of hydrogen-bond donors (Lipinski definition) is 1. The molecule has 19 heavy (non-hydrogen) atoms. The van der Waals surface area contributed by atoms with Gasteiger partial charge in [0.05, 0.1) is 5.92 Å². The van der Waals surface area contributed by atoms with Crippen molar-refractivity contribution in [1.82, 2.24) is 0 Å². The summed E-state index contributed by atoms with van der Waals surface area (Å²) in [6.07, 6.45) is 2.64. The molecule has 1 N–H and O–H groups in total. The van der Waals surface area contributed by atoms with Crippen LogP contribution in [0.3, 0.4) is 0 Å². The quantitative estimate of drug-likeness (QED) is 0.892. The largest absolute Gasteiger partial charge is 0.481 e. The molecule has 1 aromatic rings. The normalized spacial score (nSPS) is 30.2. The first kappa shape index (κ1) is 12.5. The van der Waals surface area contributed by atoms with Gasteiger partial charge in [-0.25, -0.2) is 4.39 Å². The molecule has 0 amide bonds. The van der Waals surface area contributed by atoms with E-state index in [0.29, 0.717) is 11.8 Å². The summed E-state index contributed by atoms with van der Waals surface area (Å²) in [5, 5.41) is 9.15. The fraction of sp³-hybridized carbons (Fsp3) is 0.533. The average Bonchev–Trinajstić information content (AvgIpc) is 2.37. The Morgan fingerprint density at radius 2 is 1.89 bits per heavy atom. The van der Waals surface area contributed by atoms with Crippen LogP contribution in [-0.2, 0) is 4.79 Å². The van der Waals surface area contributed by atoms with Crippen LogP contribution < -0.4 is 4.90 Å². The van der Waals surface area contributed by atoms with Gasteiger partial charge < -0.3 is 10.0 Å². The predicted octanol–water partition coefficient (Wildman–Crippen LogP) is 2.76. The van der Waals surface area contributed by atoms with Gasteiger partial charge in [0.2, 0.25) is 0 Å². The van der Waals surface area contributed by atoms with Crippen molar-refractivity contribution in [1.29, 1.82) is 0 Å². The lowest BCUT2D eigenvalue weighted by molar-refractivity contribution is -0.144. The zero-order chi connectivity index (χ0) is 13.4. The second-order valence-electron chi connectivity index (χ2n) is 5.86. The lowest BCUT2D eigenvalue weighted by Gasteiger charge is -2.44. The maximum atomic E-state index is 13.3. The molecule has 2 aliphatic rings. The van der Waals surface area contributed by atoms with E-state index in [1.165, 1.54) is 6.07 Å². The van der Waals surface area contributed by atoms with Crippen LogP contribution in [0.15, 0.2) is 24.3 Å². The molecule has 0 radical (unpaired) electrons. The first-order valence-corrected chi connectivity index (χ1v) is 6.85. The highest BCUT2D eigenvalue weighted by atomic mass is 19.1. The number of carboxylic acid groups (broad SMARTS) is 1. The molecule has 4 heteroatoms. The van der Waals surface area contributed by atoms with Crippen LogP contribution in [0.25, 0.3) is 0 Å². The maximum Gasteiger partial charge on any atom is 0.306 e. The lowest BCUT2D eigenvalue weighted by atomic mass is 9.72. The number of benzene rings is 1. The van der Waals surface area contributed by atoms with E-state index in [1.807, 2.05) is 6.07 Å². The van der Waals surface area contributed by atoms with E-state index in [0.717, 1.165) is 38.0 Å². The third-order valence-corrected chi connectivity index (χ3v) is 4.38. The minimum Gasteiger partial charge on any atom is -0.481 e. The zero-order valence-corrected chi connectivity index (χ0v) is 10.8. The number of anilines is 1. The van der Waals surface area contributed by atoms with Crippen molar-refractivity contribution < 1.29 is 14.3 Å².